The van der Waals surface area contributed by atoms with Crippen molar-refractivity contribution in [3.63, 3.8) is 0 Å². The summed E-state index contributed by atoms with van der Waals surface area (Å²) in [5, 5.41) is 0. The molecule has 0 N–H and O–H groups in total. The third kappa shape index (κ3) is 2.20. The fourth-order valence-corrected chi connectivity index (χ4v) is 3.24. The summed E-state index contributed by atoms with van der Waals surface area (Å²) in [6.07, 6.45) is 0. The van der Waals surface area contributed by atoms with Gasteiger partial charge in [0.2, 0.25) is 0 Å². The van der Waals surface area contributed by atoms with Crippen LogP contribution in [0.2, 0.25) is 0 Å². The SMILES string of the molecule is CC(C)(C)SN1[CH]Sc2ccccc21. The van der Waals surface area contributed by atoms with Gasteiger partial charge >= 0.3 is 0 Å². The van der Waals surface area contributed by atoms with Crippen LogP contribution in [0.5, 0.6) is 0 Å². The van der Waals surface area contributed by atoms with Gasteiger partial charge in [-0.15, -0.1) is 0 Å². The molecule has 1 radical (unpaired) electrons. The Balaban J connectivity index is 2.18. The van der Waals surface area contributed by atoms with Gasteiger partial charge in [-0.1, -0.05) is 23.9 Å². The molecular weight excluding hydrogens is 210 g/mol. The van der Waals surface area contributed by atoms with Crippen molar-refractivity contribution in [1.29, 1.82) is 0 Å². The molecule has 0 saturated carbocycles. The van der Waals surface area contributed by atoms with E-state index in [0.717, 1.165) is 0 Å². The van der Waals surface area contributed by atoms with Crippen molar-refractivity contribution in [2.45, 2.75) is 30.4 Å². The lowest BCUT2D eigenvalue weighted by atomic mass is 10.3. The van der Waals surface area contributed by atoms with E-state index in [-0.39, 0.29) is 4.75 Å². The van der Waals surface area contributed by atoms with E-state index in [1.54, 1.807) is 11.8 Å². The highest BCUT2D eigenvalue weighted by Crippen LogP contribution is 2.47. The predicted molar refractivity (Wildman–Crippen MR) is 66.4 cm³/mol. The van der Waals surface area contributed by atoms with Crippen LogP contribution in [0, 0.1) is 5.88 Å². The fourth-order valence-electron chi connectivity index (χ4n) is 1.27. The minimum atomic E-state index is 0.258. The highest BCUT2D eigenvalue weighted by Gasteiger charge is 2.25. The van der Waals surface area contributed by atoms with Crippen molar-refractivity contribution in [3.05, 3.63) is 30.1 Å². The first-order valence-corrected chi connectivity index (χ1v) is 6.29. The second-order valence-electron chi connectivity index (χ2n) is 4.22. The van der Waals surface area contributed by atoms with E-state index in [1.807, 2.05) is 11.9 Å². The Kier molecular flexibility index (Phi) is 2.71. The maximum atomic E-state index is 2.26. The van der Waals surface area contributed by atoms with Crippen LogP contribution in [0.3, 0.4) is 0 Å². The lowest BCUT2D eigenvalue weighted by Gasteiger charge is -2.25. The van der Waals surface area contributed by atoms with Crippen molar-refractivity contribution in [2.75, 3.05) is 4.31 Å². The topological polar surface area (TPSA) is 3.24 Å². The average molecular weight is 224 g/mol. The predicted octanol–water partition coefficient (Wildman–Crippen LogP) is 4.16. The number of fused-ring (bicyclic) bond motifs is 1. The van der Waals surface area contributed by atoms with Crippen LogP contribution < -0.4 is 4.31 Å². The number of rotatable bonds is 1. The molecule has 0 spiro atoms. The summed E-state index contributed by atoms with van der Waals surface area (Å²) in [7, 11) is 0. The van der Waals surface area contributed by atoms with E-state index in [1.165, 1.54) is 10.6 Å². The van der Waals surface area contributed by atoms with Crippen LogP contribution in [0.25, 0.3) is 0 Å². The van der Waals surface area contributed by atoms with Crippen LogP contribution in [-0.4, -0.2) is 4.75 Å². The summed E-state index contributed by atoms with van der Waals surface area (Å²) < 4.78 is 2.52. The molecule has 0 aliphatic carbocycles. The molecule has 2 rings (SSSR count). The third-order valence-electron chi connectivity index (χ3n) is 1.75. The molecule has 0 fully saturated rings. The highest BCUT2D eigenvalue weighted by atomic mass is 32.2. The summed E-state index contributed by atoms with van der Waals surface area (Å²) in [5.74, 6) is 2.18. The molecular formula is C11H14NS2. The standard InChI is InChI=1S/C11H14NS2/c1-11(2,3)14-12-8-13-10-7-5-4-6-9(10)12/h4-8H,1-3H3. The van der Waals surface area contributed by atoms with Crippen molar-refractivity contribution in [3.8, 4) is 0 Å². The quantitative estimate of drug-likeness (QED) is 0.659. The maximum absolute atomic E-state index is 2.26. The third-order valence-corrected chi connectivity index (χ3v) is 3.85. The number of anilines is 1. The van der Waals surface area contributed by atoms with Crippen LogP contribution >= 0.6 is 23.7 Å². The number of nitrogens with zero attached hydrogens (tertiary/aromatic N) is 1. The van der Waals surface area contributed by atoms with Crippen molar-refractivity contribution in [2.24, 2.45) is 0 Å². The first kappa shape index (κ1) is 10.2. The van der Waals surface area contributed by atoms with E-state index in [9.17, 15) is 0 Å². The van der Waals surface area contributed by atoms with Gasteiger partial charge in [-0.3, -0.25) is 4.31 Å². The van der Waals surface area contributed by atoms with E-state index in [4.69, 9.17) is 0 Å². The zero-order valence-electron chi connectivity index (χ0n) is 8.65. The Morgan fingerprint density at radius 1 is 1.21 bits per heavy atom. The van der Waals surface area contributed by atoms with Gasteiger partial charge in [0.05, 0.1) is 5.69 Å². The molecule has 1 aromatic carbocycles. The van der Waals surface area contributed by atoms with E-state index in [2.05, 4.69) is 55.2 Å². The molecule has 0 atom stereocenters. The number of para-hydroxylation sites is 1. The van der Waals surface area contributed by atoms with Gasteiger partial charge in [-0.2, -0.15) is 0 Å². The summed E-state index contributed by atoms with van der Waals surface area (Å²) in [5.41, 5.74) is 1.32. The Labute approximate surface area is 94.4 Å². The number of thioether (sulfide) groups is 1. The molecule has 14 heavy (non-hydrogen) atoms. The molecule has 0 bridgehead atoms. The smallest absolute Gasteiger partial charge is 0.121 e. The van der Waals surface area contributed by atoms with Crippen LogP contribution in [0.15, 0.2) is 29.2 Å². The van der Waals surface area contributed by atoms with E-state index >= 15 is 0 Å². The molecule has 1 nitrogen and oxygen atoms in total. The van der Waals surface area contributed by atoms with Crippen molar-refractivity contribution < 1.29 is 0 Å². The van der Waals surface area contributed by atoms with Crippen LogP contribution in [-0.2, 0) is 0 Å². The van der Waals surface area contributed by atoms with Gasteiger partial charge in [0.1, 0.15) is 5.88 Å². The zero-order valence-corrected chi connectivity index (χ0v) is 10.3. The normalized spacial score (nSPS) is 15.8. The fraction of sp³-hybridized carbons (Fsp3) is 0.364. The Morgan fingerprint density at radius 3 is 2.64 bits per heavy atom. The molecule has 75 valence electrons. The largest absolute Gasteiger partial charge is 0.298 e. The molecule has 0 aromatic heterocycles. The second kappa shape index (κ2) is 3.70. The van der Waals surface area contributed by atoms with Gasteiger partial charge in [0, 0.05) is 9.64 Å². The number of benzene rings is 1. The molecule has 1 aromatic rings. The molecule has 3 heteroatoms. The zero-order chi connectivity index (χ0) is 10.2. The Bertz CT molecular complexity index is 330. The Morgan fingerprint density at radius 2 is 1.93 bits per heavy atom. The van der Waals surface area contributed by atoms with Crippen LogP contribution in [0.4, 0.5) is 5.69 Å². The first-order chi connectivity index (χ1) is 6.56. The summed E-state index contributed by atoms with van der Waals surface area (Å²) in [6.45, 7) is 6.70. The monoisotopic (exact) mass is 224 g/mol. The minimum Gasteiger partial charge on any atom is -0.298 e. The Hall–Kier alpha value is -0.280. The van der Waals surface area contributed by atoms with Crippen LogP contribution in [0.1, 0.15) is 20.8 Å². The van der Waals surface area contributed by atoms with Gasteiger partial charge < -0.3 is 0 Å². The number of hydrogen-bond donors (Lipinski definition) is 0. The lowest BCUT2D eigenvalue weighted by molar-refractivity contribution is 0.802. The van der Waals surface area contributed by atoms with E-state index in [0.29, 0.717) is 0 Å². The van der Waals surface area contributed by atoms with Gasteiger partial charge in [0.25, 0.3) is 0 Å². The molecule has 1 aliphatic rings. The lowest BCUT2D eigenvalue weighted by Crippen LogP contribution is -2.17. The molecule has 0 amide bonds. The summed E-state index contributed by atoms with van der Waals surface area (Å²) in [4.78, 5) is 1.35. The maximum Gasteiger partial charge on any atom is 0.121 e. The van der Waals surface area contributed by atoms with Gasteiger partial charge in [0.15, 0.2) is 0 Å². The molecule has 1 heterocycles. The molecule has 0 saturated heterocycles. The molecule has 1 aliphatic heterocycles. The van der Waals surface area contributed by atoms with Gasteiger partial charge in [-0.05, 0) is 44.9 Å². The summed E-state index contributed by atoms with van der Waals surface area (Å²) in [6, 6.07) is 8.52. The highest BCUT2D eigenvalue weighted by molar-refractivity contribution is 8.06. The molecule has 0 unspecified atom stereocenters. The van der Waals surface area contributed by atoms with Crippen molar-refractivity contribution >= 4 is 29.4 Å². The van der Waals surface area contributed by atoms with Crippen molar-refractivity contribution in [1.82, 2.24) is 0 Å². The number of hydrogen-bond acceptors (Lipinski definition) is 3. The second-order valence-corrected chi connectivity index (χ2v) is 6.91. The summed E-state index contributed by atoms with van der Waals surface area (Å²) >= 11 is 3.66. The first-order valence-electron chi connectivity index (χ1n) is 4.64. The van der Waals surface area contributed by atoms with E-state index < -0.39 is 0 Å². The minimum absolute atomic E-state index is 0.258. The van der Waals surface area contributed by atoms with Gasteiger partial charge in [-0.25, -0.2) is 0 Å². The average Bonchev–Trinajstić information content (AvgIpc) is 2.47.